The van der Waals surface area contributed by atoms with Gasteiger partial charge in [-0.2, -0.15) is 0 Å². The van der Waals surface area contributed by atoms with E-state index in [1.54, 1.807) is 19.1 Å². The highest BCUT2D eigenvalue weighted by Gasteiger charge is 2.18. The Kier molecular flexibility index (Phi) is 6.58. The van der Waals surface area contributed by atoms with E-state index in [1.807, 2.05) is 17.5 Å². The van der Waals surface area contributed by atoms with Crippen LogP contribution in [0, 0.1) is 5.92 Å². The molecular formula is C20H25N3O3S. The average molecular weight is 388 g/mol. The van der Waals surface area contributed by atoms with Crippen LogP contribution in [0.15, 0.2) is 29.6 Å². The van der Waals surface area contributed by atoms with Gasteiger partial charge in [-0.05, 0) is 50.9 Å². The molecule has 0 aliphatic carbocycles. The van der Waals surface area contributed by atoms with E-state index >= 15 is 0 Å². The summed E-state index contributed by atoms with van der Waals surface area (Å²) in [5.41, 5.74) is 2.18. The Hall–Kier alpha value is -2.25. The number of rotatable bonds is 6. The fraction of sp³-hybridized carbons (Fsp3) is 0.450. The van der Waals surface area contributed by atoms with Crippen molar-refractivity contribution < 1.29 is 14.3 Å². The number of anilines is 1. The van der Waals surface area contributed by atoms with Crippen LogP contribution in [-0.4, -0.2) is 48.0 Å². The van der Waals surface area contributed by atoms with Crippen LogP contribution in [0.2, 0.25) is 0 Å². The molecule has 2 aromatic rings. The summed E-state index contributed by atoms with van der Waals surface area (Å²) in [6.07, 6.45) is 2.30. The minimum Gasteiger partial charge on any atom is -0.462 e. The number of hydrogen-bond acceptors (Lipinski definition) is 6. The molecule has 0 unspecified atom stereocenters. The molecule has 2 heterocycles. The van der Waals surface area contributed by atoms with Crippen molar-refractivity contribution >= 4 is 28.3 Å². The number of carbonyl (C=O) groups excluding carboxylic acids is 2. The summed E-state index contributed by atoms with van der Waals surface area (Å²) in [5.74, 6) is 0.395. The van der Waals surface area contributed by atoms with E-state index < -0.39 is 0 Å². The van der Waals surface area contributed by atoms with Crippen LogP contribution in [0.25, 0.3) is 11.3 Å². The number of benzene rings is 1. The van der Waals surface area contributed by atoms with Crippen molar-refractivity contribution in [1.29, 1.82) is 0 Å². The molecule has 1 aromatic carbocycles. The highest BCUT2D eigenvalue weighted by atomic mass is 32.1. The first-order valence-corrected chi connectivity index (χ1v) is 10.2. The molecule has 7 heteroatoms. The van der Waals surface area contributed by atoms with Gasteiger partial charge in [-0.15, -0.1) is 11.3 Å². The number of amides is 1. The molecule has 0 bridgehead atoms. The van der Waals surface area contributed by atoms with E-state index in [9.17, 15) is 9.59 Å². The molecule has 0 spiro atoms. The van der Waals surface area contributed by atoms with Crippen molar-refractivity contribution in [3.8, 4) is 11.3 Å². The van der Waals surface area contributed by atoms with E-state index in [-0.39, 0.29) is 11.9 Å². The van der Waals surface area contributed by atoms with Crippen LogP contribution in [0.5, 0.6) is 0 Å². The molecule has 1 saturated heterocycles. The van der Waals surface area contributed by atoms with Crippen LogP contribution >= 0.6 is 11.3 Å². The van der Waals surface area contributed by atoms with Crippen molar-refractivity contribution in [3.05, 3.63) is 35.2 Å². The van der Waals surface area contributed by atoms with Crippen molar-refractivity contribution in [1.82, 2.24) is 9.88 Å². The van der Waals surface area contributed by atoms with E-state index in [0.29, 0.717) is 23.8 Å². The van der Waals surface area contributed by atoms with Gasteiger partial charge in [-0.3, -0.25) is 9.69 Å². The molecule has 1 N–H and O–H groups in total. The molecule has 144 valence electrons. The van der Waals surface area contributed by atoms with Gasteiger partial charge in [0.25, 0.3) is 0 Å². The van der Waals surface area contributed by atoms with Crippen molar-refractivity contribution in [2.45, 2.75) is 26.7 Å². The predicted octanol–water partition coefficient (Wildman–Crippen LogP) is 3.66. The minimum atomic E-state index is -0.331. The van der Waals surface area contributed by atoms with Crippen LogP contribution < -0.4 is 5.32 Å². The number of ether oxygens (including phenoxy) is 1. The second-order valence-corrected chi connectivity index (χ2v) is 7.70. The van der Waals surface area contributed by atoms with Gasteiger partial charge in [0.15, 0.2) is 5.13 Å². The van der Waals surface area contributed by atoms with Gasteiger partial charge in [0.1, 0.15) is 0 Å². The maximum Gasteiger partial charge on any atom is 0.338 e. The summed E-state index contributed by atoms with van der Waals surface area (Å²) >= 11 is 1.40. The third kappa shape index (κ3) is 5.37. The third-order valence-corrected chi connectivity index (χ3v) is 5.44. The zero-order valence-electron chi connectivity index (χ0n) is 15.7. The molecule has 1 aromatic heterocycles. The summed E-state index contributed by atoms with van der Waals surface area (Å²) in [6, 6.07) is 7.12. The summed E-state index contributed by atoms with van der Waals surface area (Å²) < 4.78 is 4.99. The summed E-state index contributed by atoms with van der Waals surface area (Å²) in [7, 11) is 0. The van der Waals surface area contributed by atoms with E-state index in [0.717, 1.165) is 43.1 Å². The fourth-order valence-corrected chi connectivity index (χ4v) is 3.77. The van der Waals surface area contributed by atoms with E-state index in [1.165, 1.54) is 11.3 Å². The second-order valence-electron chi connectivity index (χ2n) is 6.84. The Morgan fingerprint density at radius 3 is 2.63 bits per heavy atom. The molecule has 0 saturated carbocycles. The Morgan fingerprint density at radius 1 is 1.26 bits per heavy atom. The predicted molar refractivity (Wildman–Crippen MR) is 107 cm³/mol. The molecule has 27 heavy (non-hydrogen) atoms. The number of likely N-dealkylation sites (tertiary alicyclic amines) is 1. The number of thiazole rings is 1. The van der Waals surface area contributed by atoms with Gasteiger partial charge in [-0.25, -0.2) is 9.78 Å². The van der Waals surface area contributed by atoms with Gasteiger partial charge < -0.3 is 10.1 Å². The quantitative estimate of drug-likeness (QED) is 0.766. The molecular weight excluding hydrogens is 362 g/mol. The molecule has 1 aliphatic heterocycles. The highest BCUT2D eigenvalue weighted by Crippen LogP contribution is 2.25. The fourth-order valence-electron chi connectivity index (χ4n) is 3.04. The number of piperidine rings is 1. The van der Waals surface area contributed by atoms with Crippen LogP contribution in [0.3, 0.4) is 0 Å². The lowest BCUT2D eigenvalue weighted by atomic mass is 9.99. The smallest absolute Gasteiger partial charge is 0.338 e. The monoisotopic (exact) mass is 387 g/mol. The molecule has 3 rings (SSSR count). The minimum absolute atomic E-state index is 0.0249. The Balaban J connectivity index is 1.56. The number of nitrogens with zero attached hydrogens (tertiary/aromatic N) is 2. The van der Waals surface area contributed by atoms with Crippen molar-refractivity contribution in [3.63, 3.8) is 0 Å². The third-order valence-electron chi connectivity index (χ3n) is 4.69. The molecule has 1 amide bonds. The van der Waals surface area contributed by atoms with Crippen LogP contribution in [0.1, 0.15) is 37.0 Å². The molecule has 0 atom stereocenters. The van der Waals surface area contributed by atoms with Gasteiger partial charge in [0, 0.05) is 10.9 Å². The van der Waals surface area contributed by atoms with Crippen molar-refractivity contribution in [2.24, 2.45) is 5.92 Å². The first kappa shape index (κ1) is 19.5. The van der Waals surface area contributed by atoms with Crippen LogP contribution in [0.4, 0.5) is 5.13 Å². The molecule has 6 nitrogen and oxygen atoms in total. The molecule has 0 radical (unpaired) electrons. The largest absolute Gasteiger partial charge is 0.462 e. The molecule has 1 fully saturated rings. The zero-order chi connectivity index (χ0) is 19.2. The Labute approximate surface area is 163 Å². The Bertz CT molecular complexity index is 780. The number of hydrogen-bond donors (Lipinski definition) is 1. The second kappa shape index (κ2) is 9.10. The summed E-state index contributed by atoms with van der Waals surface area (Å²) in [6.45, 7) is 6.76. The topological polar surface area (TPSA) is 71.5 Å². The lowest BCUT2D eigenvalue weighted by Crippen LogP contribution is -2.38. The van der Waals surface area contributed by atoms with E-state index in [4.69, 9.17) is 4.74 Å². The summed E-state index contributed by atoms with van der Waals surface area (Å²) in [4.78, 5) is 30.6. The summed E-state index contributed by atoms with van der Waals surface area (Å²) in [5, 5.41) is 5.38. The number of aromatic nitrogens is 1. The standard InChI is InChI=1S/C20H25N3O3S/c1-3-26-19(25)16-6-4-15(5-7-16)17-13-27-20(21-17)22-18(24)12-23-10-8-14(2)9-11-23/h4-7,13-14H,3,8-12H2,1-2H3,(H,21,22,24). The van der Waals surface area contributed by atoms with E-state index in [2.05, 4.69) is 22.1 Å². The molecule has 1 aliphatic rings. The lowest BCUT2D eigenvalue weighted by molar-refractivity contribution is -0.117. The number of esters is 1. The average Bonchev–Trinajstić information content (AvgIpc) is 3.12. The van der Waals surface area contributed by atoms with Gasteiger partial charge in [0.05, 0.1) is 24.4 Å². The normalized spacial score (nSPS) is 15.5. The number of carbonyl (C=O) groups is 2. The number of nitrogens with one attached hydrogen (secondary N) is 1. The van der Waals surface area contributed by atoms with Crippen LogP contribution in [-0.2, 0) is 9.53 Å². The maximum absolute atomic E-state index is 12.3. The zero-order valence-corrected chi connectivity index (χ0v) is 16.6. The lowest BCUT2D eigenvalue weighted by Gasteiger charge is -2.29. The van der Waals surface area contributed by atoms with Crippen molar-refractivity contribution in [2.75, 3.05) is 31.6 Å². The first-order chi connectivity index (χ1) is 13.0. The first-order valence-electron chi connectivity index (χ1n) is 9.30. The van der Waals surface area contributed by atoms with Gasteiger partial charge in [-0.1, -0.05) is 19.1 Å². The van der Waals surface area contributed by atoms with Gasteiger partial charge >= 0.3 is 5.97 Å². The van der Waals surface area contributed by atoms with Gasteiger partial charge in [0.2, 0.25) is 5.91 Å². The highest BCUT2D eigenvalue weighted by molar-refractivity contribution is 7.14. The SMILES string of the molecule is CCOC(=O)c1ccc(-c2csc(NC(=O)CN3CCC(C)CC3)n2)cc1. The maximum atomic E-state index is 12.3. The Morgan fingerprint density at radius 2 is 1.96 bits per heavy atom.